The number of guanidine groups is 1. The van der Waals surface area contributed by atoms with Crippen molar-refractivity contribution in [2.24, 2.45) is 10.8 Å². The fourth-order valence-corrected chi connectivity index (χ4v) is 2.90. The minimum Gasteiger partial charge on any atom is -0.314 e. The molecule has 0 amide bonds. The molecule has 1 aliphatic carbocycles. The van der Waals surface area contributed by atoms with Gasteiger partial charge < -0.3 is 4.90 Å². The minimum absolute atomic E-state index is 0.406. The van der Waals surface area contributed by atoms with E-state index in [0.717, 1.165) is 11.6 Å². The van der Waals surface area contributed by atoms with Gasteiger partial charge in [0.05, 0.1) is 6.04 Å². The van der Waals surface area contributed by atoms with E-state index in [9.17, 15) is 0 Å². The number of nitrogens with one attached hydrogen (secondary N) is 1. The molecule has 0 spiro atoms. The molecule has 4 nitrogen and oxygen atoms in total. The lowest BCUT2D eigenvalue weighted by Crippen LogP contribution is -2.44. The number of benzene rings is 1. The first-order valence-electron chi connectivity index (χ1n) is 7.47. The van der Waals surface area contributed by atoms with E-state index in [1.807, 2.05) is 11.9 Å². The Kier molecular flexibility index (Phi) is 5.01. The molecule has 0 saturated heterocycles. The number of anilines is 1. The molecule has 4 heteroatoms. The number of hydrogen-bond acceptors (Lipinski definition) is 2. The maximum absolute atomic E-state index is 5.69. The molecule has 20 heavy (non-hydrogen) atoms. The van der Waals surface area contributed by atoms with Gasteiger partial charge in [-0.25, -0.2) is 10.8 Å². The lowest BCUT2D eigenvalue weighted by Gasteiger charge is -2.26. The maximum Gasteiger partial charge on any atom is 0.212 e. The highest BCUT2D eigenvalue weighted by molar-refractivity contribution is 5.96. The van der Waals surface area contributed by atoms with Crippen LogP contribution >= 0.6 is 0 Å². The van der Waals surface area contributed by atoms with Crippen molar-refractivity contribution in [2.75, 3.05) is 11.9 Å². The summed E-state index contributed by atoms with van der Waals surface area (Å²) in [6.07, 6.45) is 6.24. The van der Waals surface area contributed by atoms with Gasteiger partial charge in [0, 0.05) is 12.7 Å². The van der Waals surface area contributed by atoms with Crippen molar-refractivity contribution in [3.05, 3.63) is 29.3 Å². The van der Waals surface area contributed by atoms with Crippen molar-refractivity contribution in [3.63, 3.8) is 0 Å². The van der Waals surface area contributed by atoms with Crippen LogP contribution in [0, 0.1) is 13.8 Å². The number of aliphatic imine (C=N–C) groups is 1. The number of rotatable bonds is 2. The molecular formula is C16H26N4. The summed E-state index contributed by atoms with van der Waals surface area (Å²) in [5, 5.41) is 0. The molecule has 1 saturated carbocycles. The number of aryl methyl sites for hydroxylation is 2. The Morgan fingerprint density at radius 3 is 2.55 bits per heavy atom. The van der Waals surface area contributed by atoms with Crippen LogP contribution in [0.5, 0.6) is 0 Å². The molecular weight excluding hydrogens is 248 g/mol. The van der Waals surface area contributed by atoms with E-state index < -0.39 is 0 Å². The van der Waals surface area contributed by atoms with Crippen LogP contribution in [0.4, 0.5) is 5.69 Å². The van der Waals surface area contributed by atoms with Crippen molar-refractivity contribution in [1.82, 2.24) is 5.43 Å². The summed E-state index contributed by atoms with van der Waals surface area (Å²) in [6, 6.07) is 6.83. The Labute approximate surface area is 122 Å². The van der Waals surface area contributed by atoms with Crippen molar-refractivity contribution in [2.45, 2.75) is 52.0 Å². The zero-order valence-corrected chi connectivity index (χ0v) is 12.8. The molecule has 1 aliphatic rings. The molecule has 3 N–H and O–H groups in total. The van der Waals surface area contributed by atoms with E-state index in [1.54, 1.807) is 0 Å². The summed E-state index contributed by atoms with van der Waals surface area (Å²) in [5.41, 5.74) is 6.41. The molecule has 0 aliphatic heterocycles. The van der Waals surface area contributed by atoms with E-state index in [0.29, 0.717) is 6.04 Å². The largest absolute Gasteiger partial charge is 0.314 e. The summed E-state index contributed by atoms with van der Waals surface area (Å²) in [7, 11) is 2.01. The van der Waals surface area contributed by atoms with E-state index in [-0.39, 0.29) is 0 Å². The Bertz CT molecular complexity index is 475. The molecule has 1 fully saturated rings. The molecule has 0 bridgehead atoms. The van der Waals surface area contributed by atoms with E-state index in [4.69, 9.17) is 10.8 Å². The highest BCUT2D eigenvalue weighted by Crippen LogP contribution is 2.23. The van der Waals surface area contributed by atoms with Crippen molar-refractivity contribution >= 4 is 11.6 Å². The molecule has 0 heterocycles. The average Bonchev–Trinajstić information content (AvgIpc) is 2.45. The quantitative estimate of drug-likeness (QED) is 0.377. The zero-order valence-electron chi connectivity index (χ0n) is 12.8. The predicted octanol–water partition coefficient (Wildman–Crippen LogP) is 2.89. The fourth-order valence-electron chi connectivity index (χ4n) is 2.90. The van der Waals surface area contributed by atoms with Gasteiger partial charge >= 0.3 is 0 Å². The van der Waals surface area contributed by atoms with E-state index in [2.05, 4.69) is 37.5 Å². The van der Waals surface area contributed by atoms with E-state index in [1.165, 1.54) is 43.2 Å². The molecule has 0 unspecified atom stereocenters. The van der Waals surface area contributed by atoms with Gasteiger partial charge in [-0.2, -0.15) is 0 Å². The molecule has 0 atom stereocenters. The molecule has 110 valence electrons. The van der Waals surface area contributed by atoms with Crippen molar-refractivity contribution < 1.29 is 0 Å². The van der Waals surface area contributed by atoms with Crippen LogP contribution < -0.4 is 16.2 Å². The Morgan fingerprint density at radius 1 is 1.25 bits per heavy atom. The summed E-state index contributed by atoms with van der Waals surface area (Å²) in [5.74, 6) is 6.44. The van der Waals surface area contributed by atoms with Crippen LogP contribution in [0.2, 0.25) is 0 Å². The smallest absolute Gasteiger partial charge is 0.212 e. The third-order valence-electron chi connectivity index (χ3n) is 4.04. The third-order valence-corrected chi connectivity index (χ3v) is 4.04. The molecule has 0 aromatic heterocycles. The van der Waals surface area contributed by atoms with Gasteiger partial charge in [-0.3, -0.25) is 5.43 Å². The lowest BCUT2D eigenvalue weighted by atomic mass is 9.96. The van der Waals surface area contributed by atoms with Crippen LogP contribution in [0.25, 0.3) is 0 Å². The Morgan fingerprint density at radius 2 is 1.95 bits per heavy atom. The van der Waals surface area contributed by atoms with Gasteiger partial charge in [-0.05, 0) is 38.3 Å². The second-order valence-corrected chi connectivity index (χ2v) is 5.74. The SMILES string of the molecule is Cc1ccc(N(C)C(=NC2CCCCC2)NN)c(C)c1. The van der Waals surface area contributed by atoms with Crippen LogP contribution in [-0.4, -0.2) is 19.0 Å². The number of nitrogens with zero attached hydrogens (tertiary/aromatic N) is 2. The molecule has 1 aromatic carbocycles. The molecule has 1 aromatic rings. The summed E-state index contributed by atoms with van der Waals surface area (Å²) in [6.45, 7) is 4.22. The van der Waals surface area contributed by atoms with Crippen molar-refractivity contribution in [3.8, 4) is 0 Å². The molecule has 2 rings (SSSR count). The maximum atomic E-state index is 5.69. The summed E-state index contributed by atoms with van der Waals surface area (Å²) < 4.78 is 0. The number of hydrazine groups is 1. The summed E-state index contributed by atoms with van der Waals surface area (Å²) >= 11 is 0. The van der Waals surface area contributed by atoms with Gasteiger partial charge in [-0.1, -0.05) is 37.0 Å². The van der Waals surface area contributed by atoms with Gasteiger partial charge in [0.25, 0.3) is 0 Å². The number of nitrogens with two attached hydrogens (primary N) is 1. The standard InChI is InChI=1S/C16H26N4/c1-12-9-10-15(13(2)11-12)20(3)16(19-17)18-14-7-5-4-6-8-14/h9-11,14H,4-8,17H2,1-3H3,(H,18,19). The van der Waals surface area contributed by atoms with Crippen LogP contribution in [0.3, 0.4) is 0 Å². The second kappa shape index (κ2) is 6.75. The second-order valence-electron chi connectivity index (χ2n) is 5.74. The predicted molar refractivity (Wildman–Crippen MR) is 86.0 cm³/mol. The highest BCUT2D eigenvalue weighted by atomic mass is 15.4. The highest BCUT2D eigenvalue weighted by Gasteiger charge is 2.16. The average molecular weight is 274 g/mol. The normalized spacial score (nSPS) is 17.1. The zero-order chi connectivity index (χ0) is 14.5. The monoisotopic (exact) mass is 274 g/mol. The van der Waals surface area contributed by atoms with Crippen LogP contribution in [0.1, 0.15) is 43.2 Å². The fraction of sp³-hybridized carbons (Fsp3) is 0.562. The van der Waals surface area contributed by atoms with Crippen LogP contribution in [-0.2, 0) is 0 Å². The van der Waals surface area contributed by atoms with Gasteiger partial charge in [0.2, 0.25) is 5.96 Å². The lowest BCUT2D eigenvalue weighted by molar-refractivity contribution is 0.442. The van der Waals surface area contributed by atoms with Gasteiger partial charge in [-0.15, -0.1) is 0 Å². The van der Waals surface area contributed by atoms with Gasteiger partial charge in [0.1, 0.15) is 0 Å². The first-order chi connectivity index (χ1) is 9.61. The Hall–Kier alpha value is -1.55. The first kappa shape index (κ1) is 14.9. The first-order valence-corrected chi connectivity index (χ1v) is 7.47. The topological polar surface area (TPSA) is 53.6 Å². The molecule has 0 radical (unpaired) electrons. The van der Waals surface area contributed by atoms with Gasteiger partial charge in [0.15, 0.2) is 0 Å². The minimum atomic E-state index is 0.406. The van der Waals surface area contributed by atoms with Crippen molar-refractivity contribution in [1.29, 1.82) is 0 Å². The van der Waals surface area contributed by atoms with E-state index >= 15 is 0 Å². The van der Waals surface area contributed by atoms with Crippen LogP contribution in [0.15, 0.2) is 23.2 Å². The third kappa shape index (κ3) is 3.51. The number of hydrogen-bond donors (Lipinski definition) is 2. The Balaban J connectivity index is 2.19. The summed E-state index contributed by atoms with van der Waals surface area (Å²) in [4.78, 5) is 6.85.